The molecule has 0 atom stereocenters. The summed E-state index contributed by atoms with van der Waals surface area (Å²) in [4.78, 5) is 8.04. The Balaban J connectivity index is 1.79. The molecule has 27 heavy (non-hydrogen) atoms. The molecule has 0 saturated heterocycles. The molecule has 3 heterocycles. The van der Waals surface area contributed by atoms with Gasteiger partial charge in [0.25, 0.3) is 0 Å². The minimum absolute atomic E-state index is 0.177. The van der Waals surface area contributed by atoms with Gasteiger partial charge in [0, 0.05) is 23.8 Å². The van der Waals surface area contributed by atoms with Crippen molar-refractivity contribution in [3.05, 3.63) is 77.7 Å². The second-order valence-corrected chi connectivity index (χ2v) is 6.28. The van der Waals surface area contributed by atoms with Gasteiger partial charge in [-0.2, -0.15) is 5.26 Å². The number of nitrogens with two attached hydrogens (primary N) is 1. The minimum Gasteiger partial charge on any atom is -0.382 e. The number of nitrogens with zero attached hydrogens (tertiary/aromatic N) is 4. The maximum Gasteiger partial charge on any atom is 0.149 e. The fourth-order valence-electron chi connectivity index (χ4n) is 3.28. The molecule has 0 unspecified atom stereocenters. The lowest BCUT2D eigenvalue weighted by Gasteiger charge is -2.12. The molecule has 0 aliphatic rings. The van der Waals surface area contributed by atoms with Gasteiger partial charge in [0.05, 0.1) is 5.69 Å². The van der Waals surface area contributed by atoms with Crippen LogP contribution in [0.3, 0.4) is 0 Å². The highest BCUT2D eigenvalue weighted by Crippen LogP contribution is 2.30. The average Bonchev–Trinajstić information content (AvgIpc) is 3.05. The van der Waals surface area contributed by atoms with Crippen LogP contribution in [0.2, 0.25) is 0 Å². The number of benzene rings is 1. The Bertz CT molecular complexity index is 1170. The quantitative estimate of drug-likeness (QED) is 0.582. The van der Waals surface area contributed by atoms with Crippen molar-refractivity contribution in [1.29, 1.82) is 5.26 Å². The van der Waals surface area contributed by atoms with E-state index in [1.165, 1.54) is 17.5 Å². The van der Waals surface area contributed by atoms with Crippen molar-refractivity contribution in [2.45, 2.75) is 13.5 Å². The van der Waals surface area contributed by atoms with Gasteiger partial charge in [-0.3, -0.25) is 0 Å². The van der Waals surface area contributed by atoms with Crippen molar-refractivity contribution in [3.63, 3.8) is 0 Å². The maximum atomic E-state index is 9.33. The number of nitrogens with one attached hydrogen (secondary N) is 1. The molecule has 0 saturated carbocycles. The highest BCUT2D eigenvalue weighted by Gasteiger charge is 2.15. The third-order valence-electron chi connectivity index (χ3n) is 4.59. The number of nitrogen functional groups attached to an aromatic ring is 1. The first-order chi connectivity index (χ1) is 13.2. The Hall–Kier alpha value is -3.85. The lowest BCUT2D eigenvalue weighted by Crippen LogP contribution is -2.07. The first-order valence-electron chi connectivity index (χ1n) is 8.58. The molecule has 6 nitrogen and oxygen atoms in total. The summed E-state index contributed by atoms with van der Waals surface area (Å²) in [5.74, 6) is 0.618. The van der Waals surface area contributed by atoms with Crippen molar-refractivity contribution < 1.29 is 0 Å². The number of hydrogen-bond donors (Lipinski definition) is 2. The Morgan fingerprint density at radius 3 is 2.78 bits per heavy atom. The van der Waals surface area contributed by atoms with E-state index in [0.29, 0.717) is 12.4 Å². The number of anilines is 2. The summed E-state index contributed by atoms with van der Waals surface area (Å²) >= 11 is 0. The van der Waals surface area contributed by atoms with Crippen molar-refractivity contribution in [1.82, 2.24) is 14.4 Å². The summed E-state index contributed by atoms with van der Waals surface area (Å²) in [6.07, 6.45) is 3.42. The molecule has 3 aromatic heterocycles. The van der Waals surface area contributed by atoms with Gasteiger partial charge in [-0.15, -0.1) is 0 Å². The number of pyridine rings is 1. The molecular formula is C21H18N6. The van der Waals surface area contributed by atoms with Gasteiger partial charge in [0.1, 0.15) is 29.6 Å². The van der Waals surface area contributed by atoms with E-state index in [-0.39, 0.29) is 11.4 Å². The van der Waals surface area contributed by atoms with Gasteiger partial charge in [-0.05, 0) is 36.2 Å². The van der Waals surface area contributed by atoms with Crippen LogP contribution in [0.5, 0.6) is 0 Å². The van der Waals surface area contributed by atoms with Crippen molar-refractivity contribution in [2.75, 3.05) is 11.1 Å². The van der Waals surface area contributed by atoms with E-state index in [9.17, 15) is 5.26 Å². The first kappa shape index (κ1) is 16.6. The molecule has 132 valence electrons. The predicted molar refractivity (Wildman–Crippen MR) is 106 cm³/mol. The third-order valence-corrected chi connectivity index (χ3v) is 4.59. The molecule has 0 aliphatic heterocycles. The molecule has 0 amide bonds. The van der Waals surface area contributed by atoms with Crippen LogP contribution in [0.1, 0.15) is 16.7 Å². The number of aryl methyl sites for hydroxylation is 1. The van der Waals surface area contributed by atoms with E-state index in [0.717, 1.165) is 16.8 Å². The van der Waals surface area contributed by atoms with Crippen LogP contribution >= 0.6 is 0 Å². The van der Waals surface area contributed by atoms with Gasteiger partial charge in [0.15, 0.2) is 0 Å². The zero-order chi connectivity index (χ0) is 18.8. The van der Waals surface area contributed by atoms with E-state index in [1.807, 2.05) is 24.3 Å². The average molecular weight is 354 g/mol. The lowest BCUT2D eigenvalue weighted by molar-refractivity contribution is 1.07. The van der Waals surface area contributed by atoms with Gasteiger partial charge in [-0.1, -0.05) is 30.3 Å². The summed E-state index contributed by atoms with van der Waals surface area (Å²) in [5, 5.41) is 12.6. The van der Waals surface area contributed by atoms with Gasteiger partial charge < -0.3 is 15.5 Å². The molecule has 6 heteroatoms. The number of nitriles is 1. The molecule has 3 N–H and O–H groups in total. The maximum absolute atomic E-state index is 9.33. The summed E-state index contributed by atoms with van der Waals surface area (Å²) in [5.41, 5.74) is 11.8. The molecule has 0 aliphatic carbocycles. The second kappa shape index (κ2) is 6.81. The molecule has 0 fully saturated rings. The van der Waals surface area contributed by atoms with E-state index in [4.69, 9.17) is 5.73 Å². The summed E-state index contributed by atoms with van der Waals surface area (Å²) in [6.45, 7) is 2.62. The van der Waals surface area contributed by atoms with Crippen LogP contribution in [0.15, 0.2) is 61.1 Å². The standard InChI is InChI=1S/C21H18N6/c1-14-6-2-3-8-17(14)19-15(10-16-7-4-5-9-27(16)19)12-24-21-18(11-22)20(23)25-13-26-21/h2-10,13H,12H2,1H3,(H3,23,24,25,26). The van der Waals surface area contributed by atoms with Crippen molar-refractivity contribution >= 4 is 17.2 Å². The molecule has 0 radical (unpaired) electrons. The Morgan fingerprint density at radius 1 is 1.15 bits per heavy atom. The van der Waals surface area contributed by atoms with E-state index in [2.05, 4.69) is 63.1 Å². The predicted octanol–water partition coefficient (Wildman–Crippen LogP) is 3.77. The SMILES string of the molecule is Cc1ccccc1-c1c(CNc2ncnc(N)c2C#N)cc2ccccn12. The van der Waals surface area contributed by atoms with Crippen LogP contribution in [0.25, 0.3) is 16.8 Å². The number of hydrogen-bond acceptors (Lipinski definition) is 5. The van der Waals surface area contributed by atoms with Crippen LogP contribution in [0.4, 0.5) is 11.6 Å². The Morgan fingerprint density at radius 2 is 1.96 bits per heavy atom. The Kier molecular flexibility index (Phi) is 4.19. The largest absolute Gasteiger partial charge is 0.382 e. The van der Waals surface area contributed by atoms with Crippen LogP contribution in [-0.2, 0) is 6.54 Å². The van der Waals surface area contributed by atoms with E-state index in [1.54, 1.807) is 0 Å². The monoisotopic (exact) mass is 354 g/mol. The summed E-state index contributed by atoms with van der Waals surface area (Å²) < 4.78 is 2.18. The fraction of sp³-hybridized carbons (Fsp3) is 0.0952. The van der Waals surface area contributed by atoms with Crippen molar-refractivity contribution in [3.8, 4) is 17.3 Å². The molecular weight excluding hydrogens is 336 g/mol. The second-order valence-electron chi connectivity index (χ2n) is 6.28. The number of rotatable bonds is 4. The van der Waals surface area contributed by atoms with E-state index < -0.39 is 0 Å². The topological polar surface area (TPSA) is 92.0 Å². The van der Waals surface area contributed by atoms with Gasteiger partial charge >= 0.3 is 0 Å². The fourth-order valence-corrected chi connectivity index (χ4v) is 3.28. The zero-order valence-electron chi connectivity index (χ0n) is 14.8. The van der Waals surface area contributed by atoms with Crippen molar-refractivity contribution in [2.24, 2.45) is 0 Å². The lowest BCUT2D eigenvalue weighted by atomic mass is 10.0. The molecule has 4 rings (SSSR count). The minimum atomic E-state index is 0.177. The zero-order valence-corrected chi connectivity index (χ0v) is 14.8. The summed E-state index contributed by atoms with van der Waals surface area (Å²) in [7, 11) is 0. The van der Waals surface area contributed by atoms with Crippen LogP contribution in [-0.4, -0.2) is 14.4 Å². The van der Waals surface area contributed by atoms with Crippen LogP contribution in [0, 0.1) is 18.3 Å². The molecule has 4 aromatic rings. The highest BCUT2D eigenvalue weighted by atomic mass is 15.0. The van der Waals surface area contributed by atoms with E-state index >= 15 is 0 Å². The third kappa shape index (κ3) is 2.96. The summed E-state index contributed by atoms with van der Waals surface area (Å²) in [6, 6.07) is 18.6. The normalized spacial score (nSPS) is 10.7. The highest BCUT2D eigenvalue weighted by molar-refractivity contribution is 5.74. The number of aromatic nitrogens is 3. The van der Waals surface area contributed by atoms with Gasteiger partial charge in [0.2, 0.25) is 0 Å². The Labute approximate surface area is 156 Å². The molecule has 1 aromatic carbocycles. The number of fused-ring (bicyclic) bond motifs is 1. The first-order valence-corrected chi connectivity index (χ1v) is 8.58. The van der Waals surface area contributed by atoms with Gasteiger partial charge in [-0.25, -0.2) is 9.97 Å². The molecule has 0 bridgehead atoms. The molecule has 0 spiro atoms. The van der Waals surface area contributed by atoms with Crippen LogP contribution < -0.4 is 11.1 Å². The smallest absolute Gasteiger partial charge is 0.149 e.